The number of carbonyl (C=O) groups excluding carboxylic acids is 7. The Bertz CT molecular complexity index is 2170. The highest BCUT2D eigenvalue weighted by Gasteiger charge is 2.37. The van der Waals surface area contributed by atoms with E-state index < -0.39 is 162 Å². The number of amides is 7. The van der Waals surface area contributed by atoms with Crippen LogP contribution in [0.4, 0.5) is 22.0 Å². The molecule has 0 radical (unpaired) electrons. The Morgan fingerprint density at radius 2 is 0.940 bits per heavy atom. The van der Waals surface area contributed by atoms with E-state index in [9.17, 15) is 90.3 Å². The van der Waals surface area contributed by atoms with Crippen molar-refractivity contribution in [3.63, 3.8) is 0 Å². The van der Waals surface area contributed by atoms with Crippen LogP contribution in [0, 0.1) is 35.0 Å². The summed E-state index contributed by atoms with van der Waals surface area (Å²) in [5.41, 5.74) is -1.02. The van der Waals surface area contributed by atoms with Gasteiger partial charge in [0, 0.05) is 25.3 Å². The minimum absolute atomic E-state index is 0.0156. The quantitative estimate of drug-likeness (QED) is 0.0325. The van der Waals surface area contributed by atoms with Crippen LogP contribution in [-0.2, 0) is 60.8 Å². The van der Waals surface area contributed by atoms with Gasteiger partial charge in [-0.2, -0.15) is 0 Å². The highest BCUT2D eigenvalue weighted by molar-refractivity contribution is 5.98. The molecule has 21 nitrogen and oxygen atoms in total. The summed E-state index contributed by atoms with van der Waals surface area (Å²) in [4.78, 5) is 127. The lowest BCUT2D eigenvalue weighted by molar-refractivity contribution is -0.143. The molecule has 0 fully saturated rings. The molecule has 0 aliphatic carbocycles. The summed E-state index contributed by atoms with van der Waals surface area (Å²) in [6.45, 7) is 6.48. The largest absolute Gasteiger partial charge is 0.481 e. The first kappa shape index (κ1) is 55.9. The third-order valence-electron chi connectivity index (χ3n) is 9.48. The molecular weight excluding hydrogens is 909 g/mol. The minimum Gasteiger partial charge on any atom is -0.481 e. The third-order valence-corrected chi connectivity index (χ3v) is 9.48. The molecule has 0 heterocycles. The van der Waals surface area contributed by atoms with Gasteiger partial charge >= 0.3 is 17.9 Å². The molecule has 2 rings (SSSR count). The van der Waals surface area contributed by atoms with Gasteiger partial charge < -0.3 is 57.6 Å². The lowest BCUT2D eigenvalue weighted by atomic mass is 10.0. The van der Waals surface area contributed by atoms with Crippen molar-refractivity contribution < 1.29 is 90.3 Å². The zero-order valence-corrected chi connectivity index (χ0v) is 36.4. The maximum absolute atomic E-state index is 14.3. The molecule has 0 unspecified atom stereocenters. The van der Waals surface area contributed by atoms with Crippen molar-refractivity contribution in [3.8, 4) is 0 Å². The second-order valence-electron chi connectivity index (χ2n) is 15.6. The number of aliphatic hydroxyl groups is 1. The molecule has 11 N–H and O–H groups in total. The van der Waals surface area contributed by atoms with Crippen LogP contribution in [0.25, 0.3) is 0 Å². The Kier molecular flexibility index (Phi) is 21.2. The average molecular weight is 960 g/mol. The molecule has 0 bridgehead atoms. The van der Waals surface area contributed by atoms with Crippen LogP contribution in [-0.4, -0.2) is 128 Å². The fourth-order valence-corrected chi connectivity index (χ4v) is 6.15. The van der Waals surface area contributed by atoms with Gasteiger partial charge in [0.25, 0.3) is 0 Å². The molecule has 8 atom stereocenters. The van der Waals surface area contributed by atoms with Crippen molar-refractivity contribution in [1.82, 2.24) is 37.2 Å². The predicted molar refractivity (Wildman–Crippen MR) is 218 cm³/mol. The Morgan fingerprint density at radius 1 is 0.507 bits per heavy atom. The van der Waals surface area contributed by atoms with E-state index in [-0.39, 0.29) is 18.8 Å². The third kappa shape index (κ3) is 17.2. The number of benzene rings is 2. The zero-order chi connectivity index (χ0) is 51.0. The monoisotopic (exact) mass is 959 g/mol. The van der Waals surface area contributed by atoms with E-state index in [1.165, 1.54) is 0 Å². The number of carboxylic acid groups (broad SMARTS) is 3. The van der Waals surface area contributed by atoms with Gasteiger partial charge in [-0.05, 0) is 31.7 Å². The highest BCUT2D eigenvalue weighted by atomic mass is 19.2. The summed E-state index contributed by atoms with van der Waals surface area (Å²) in [7, 11) is 0. The van der Waals surface area contributed by atoms with Gasteiger partial charge in [0.1, 0.15) is 42.3 Å². The molecule has 2 aromatic carbocycles. The molecule has 26 heteroatoms. The van der Waals surface area contributed by atoms with Gasteiger partial charge in [-0.1, -0.05) is 44.2 Å². The first-order valence-corrected chi connectivity index (χ1v) is 20.1. The Labute approximate surface area is 378 Å². The number of carboxylic acids is 3. The number of aliphatic carboxylic acids is 3. The van der Waals surface area contributed by atoms with E-state index in [2.05, 4.69) is 21.3 Å². The fraction of sp³-hybridized carbons (Fsp3) is 0.463. The summed E-state index contributed by atoms with van der Waals surface area (Å²) in [5, 5.41) is 53.8. The number of carbonyl (C=O) groups is 10. The Hall–Kier alpha value is -7.25. The van der Waals surface area contributed by atoms with Crippen molar-refractivity contribution in [2.45, 2.75) is 115 Å². The number of rotatable bonds is 25. The van der Waals surface area contributed by atoms with Crippen LogP contribution in [0.2, 0.25) is 0 Å². The molecule has 0 aliphatic heterocycles. The standard InChI is InChI=1S/C41H50F5N7O14/c1-16(2)11-22(51-40(65)34(18(4)54)53-39(64)23(48-19(5)55)12-20-9-7-6-8-10-20)37(62)50-24(14-27(56)57)36(61)47-17(3)35(60)49-25(15-28(58)59)38(63)52-26(41(66)67)13-21-29(42)31(44)33(46)32(45)30(21)43/h6-10,16-18,22-26,34,54H,11-15H2,1-5H3,(H,47,61)(H,48,55)(H,49,60)(H,50,62)(H,51,65)(H,52,63)(H,53,64)(H,56,57)(H,58,59)(H,66,67)/t17-,18+,22-,23-,24-,25-,26-,34-/m0/s1. The summed E-state index contributed by atoms with van der Waals surface area (Å²) < 4.78 is 69.6. The summed E-state index contributed by atoms with van der Waals surface area (Å²) in [5.74, 6) is -26.3. The SMILES string of the molecule is CC(=O)N[C@@H](Cc1ccccc1)C(=O)N[C@H](C(=O)N[C@@H](CC(C)C)C(=O)N[C@@H](CC(=O)O)C(=O)N[C@@H](C)C(=O)N[C@@H](CC(=O)O)C(=O)N[C@@H](Cc1c(F)c(F)c(F)c(F)c1F)C(=O)O)[C@@H](C)O. The first-order chi connectivity index (χ1) is 31.1. The van der Waals surface area contributed by atoms with E-state index in [1.54, 1.807) is 49.5 Å². The topological polar surface area (TPSA) is 336 Å². The summed E-state index contributed by atoms with van der Waals surface area (Å²) in [6.07, 6.45) is -5.78. The molecule has 0 saturated heterocycles. The molecule has 2 aromatic rings. The highest BCUT2D eigenvalue weighted by Crippen LogP contribution is 2.24. The van der Waals surface area contributed by atoms with Gasteiger partial charge in [-0.15, -0.1) is 0 Å². The summed E-state index contributed by atoms with van der Waals surface area (Å²) >= 11 is 0. The molecule has 368 valence electrons. The second kappa shape index (κ2) is 25.4. The molecule has 0 aliphatic rings. The van der Waals surface area contributed by atoms with E-state index in [0.29, 0.717) is 5.56 Å². The number of aliphatic hydroxyl groups excluding tert-OH is 1. The van der Waals surface area contributed by atoms with Crippen LogP contribution < -0.4 is 37.2 Å². The minimum atomic E-state index is -2.56. The molecule has 0 spiro atoms. The van der Waals surface area contributed by atoms with Crippen molar-refractivity contribution in [1.29, 1.82) is 0 Å². The van der Waals surface area contributed by atoms with E-state index in [4.69, 9.17) is 0 Å². The van der Waals surface area contributed by atoms with E-state index >= 15 is 0 Å². The van der Waals surface area contributed by atoms with E-state index in [1.807, 2.05) is 10.6 Å². The Balaban J connectivity index is 2.26. The predicted octanol–water partition coefficient (Wildman–Crippen LogP) is -0.938. The van der Waals surface area contributed by atoms with Crippen LogP contribution in [0.15, 0.2) is 30.3 Å². The number of hydrogen-bond donors (Lipinski definition) is 11. The number of hydrogen-bond acceptors (Lipinski definition) is 11. The molecule has 7 amide bonds. The van der Waals surface area contributed by atoms with Crippen molar-refractivity contribution in [2.75, 3.05) is 0 Å². The average Bonchev–Trinajstić information content (AvgIpc) is 3.23. The van der Waals surface area contributed by atoms with Crippen LogP contribution in [0.5, 0.6) is 0 Å². The van der Waals surface area contributed by atoms with Crippen molar-refractivity contribution in [2.24, 2.45) is 5.92 Å². The van der Waals surface area contributed by atoms with Crippen LogP contribution in [0.1, 0.15) is 65.0 Å². The Morgan fingerprint density at radius 3 is 1.40 bits per heavy atom. The van der Waals surface area contributed by atoms with Gasteiger partial charge in [-0.25, -0.2) is 26.7 Å². The smallest absolute Gasteiger partial charge is 0.326 e. The van der Waals surface area contributed by atoms with Gasteiger partial charge in [0.15, 0.2) is 23.3 Å². The molecule has 0 saturated carbocycles. The number of nitrogens with one attached hydrogen (secondary N) is 7. The summed E-state index contributed by atoms with van der Waals surface area (Å²) in [6, 6.07) is -4.56. The molecular formula is C41H50F5N7O14. The van der Waals surface area contributed by atoms with Crippen molar-refractivity contribution in [3.05, 3.63) is 70.5 Å². The second-order valence-corrected chi connectivity index (χ2v) is 15.6. The van der Waals surface area contributed by atoms with Crippen molar-refractivity contribution >= 4 is 59.3 Å². The molecule has 67 heavy (non-hydrogen) atoms. The van der Waals surface area contributed by atoms with Crippen LogP contribution in [0.3, 0.4) is 0 Å². The zero-order valence-electron chi connectivity index (χ0n) is 36.4. The van der Waals surface area contributed by atoms with Crippen LogP contribution >= 0.6 is 0 Å². The lowest BCUT2D eigenvalue weighted by Gasteiger charge is -2.28. The van der Waals surface area contributed by atoms with Gasteiger partial charge in [0.05, 0.1) is 18.9 Å². The number of halogens is 5. The maximum Gasteiger partial charge on any atom is 0.326 e. The van der Waals surface area contributed by atoms with Gasteiger partial charge in [0.2, 0.25) is 47.2 Å². The lowest BCUT2D eigenvalue weighted by Crippen LogP contribution is -2.61. The maximum atomic E-state index is 14.3. The fourth-order valence-electron chi connectivity index (χ4n) is 6.15. The first-order valence-electron chi connectivity index (χ1n) is 20.1. The molecule has 0 aromatic heterocycles. The normalized spacial score (nSPS) is 14.6. The van der Waals surface area contributed by atoms with Gasteiger partial charge in [-0.3, -0.25) is 43.2 Å². The van der Waals surface area contributed by atoms with E-state index in [0.717, 1.165) is 20.8 Å².